The second-order valence-electron chi connectivity index (χ2n) is 5.99. The Hall–Kier alpha value is -3.01. The summed E-state index contributed by atoms with van der Waals surface area (Å²) in [6, 6.07) is 21.3. The minimum atomic E-state index is -0.117. The first kappa shape index (κ1) is 17.8. The van der Waals surface area contributed by atoms with E-state index in [0.29, 0.717) is 25.3 Å². The summed E-state index contributed by atoms with van der Waals surface area (Å²) < 4.78 is 11.2. The lowest BCUT2D eigenvalue weighted by molar-refractivity contribution is 0.0947. The van der Waals surface area contributed by atoms with Gasteiger partial charge in [-0.25, -0.2) is 0 Å². The van der Waals surface area contributed by atoms with Crippen LogP contribution in [0.2, 0.25) is 0 Å². The van der Waals surface area contributed by atoms with Crippen molar-refractivity contribution in [3.8, 4) is 11.5 Å². The van der Waals surface area contributed by atoms with Crippen LogP contribution in [0.1, 0.15) is 23.7 Å². The third kappa shape index (κ3) is 4.76. The average molecular weight is 349 g/mol. The molecule has 134 valence electrons. The van der Waals surface area contributed by atoms with Gasteiger partial charge in [-0.1, -0.05) is 37.3 Å². The summed E-state index contributed by atoms with van der Waals surface area (Å²) in [5, 5.41) is 5.18. The summed E-state index contributed by atoms with van der Waals surface area (Å²) in [5.74, 6) is 1.47. The molecule has 26 heavy (non-hydrogen) atoms. The molecule has 0 aromatic heterocycles. The van der Waals surface area contributed by atoms with Crippen LogP contribution in [0.25, 0.3) is 10.8 Å². The normalized spacial score (nSPS) is 10.5. The molecule has 0 aliphatic carbocycles. The number of carbonyl (C=O) groups is 1. The van der Waals surface area contributed by atoms with Gasteiger partial charge in [0.1, 0.15) is 18.1 Å². The van der Waals surface area contributed by atoms with Crippen LogP contribution in [0.15, 0.2) is 66.7 Å². The van der Waals surface area contributed by atoms with Crippen molar-refractivity contribution < 1.29 is 14.3 Å². The largest absolute Gasteiger partial charge is 0.494 e. The molecule has 0 fully saturated rings. The van der Waals surface area contributed by atoms with Crippen LogP contribution in [-0.4, -0.2) is 25.7 Å². The van der Waals surface area contributed by atoms with Gasteiger partial charge in [0, 0.05) is 5.56 Å². The van der Waals surface area contributed by atoms with E-state index in [9.17, 15) is 4.79 Å². The third-order valence-corrected chi connectivity index (χ3v) is 3.97. The molecule has 3 aromatic carbocycles. The van der Waals surface area contributed by atoms with E-state index in [1.54, 1.807) is 12.1 Å². The lowest BCUT2D eigenvalue weighted by Crippen LogP contribution is -2.28. The molecule has 1 N–H and O–H groups in total. The maximum Gasteiger partial charge on any atom is 0.251 e. The van der Waals surface area contributed by atoms with Crippen LogP contribution in [0.4, 0.5) is 0 Å². The molecule has 0 atom stereocenters. The van der Waals surface area contributed by atoms with Crippen LogP contribution >= 0.6 is 0 Å². The topological polar surface area (TPSA) is 47.6 Å². The predicted molar refractivity (Wildman–Crippen MR) is 104 cm³/mol. The van der Waals surface area contributed by atoms with Gasteiger partial charge in [-0.15, -0.1) is 0 Å². The Bertz CT molecular complexity index is 859. The molecule has 0 bridgehead atoms. The summed E-state index contributed by atoms with van der Waals surface area (Å²) in [7, 11) is 0. The van der Waals surface area contributed by atoms with Crippen molar-refractivity contribution in [1.82, 2.24) is 5.32 Å². The van der Waals surface area contributed by atoms with Gasteiger partial charge < -0.3 is 14.8 Å². The summed E-state index contributed by atoms with van der Waals surface area (Å²) in [6.07, 6.45) is 0.958. The molecule has 0 unspecified atom stereocenters. The first-order valence-electron chi connectivity index (χ1n) is 8.89. The van der Waals surface area contributed by atoms with E-state index in [1.165, 1.54) is 5.39 Å². The van der Waals surface area contributed by atoms with E-state index in [-0.39, 0.29) is 5.91 Å². The zero-order valence-corrected chi connectivity index (χ0v) is 14.9. The molecular formula is C22H23NO3. The Morgan fingerprint density at radius 2 is 1.54 bits per heavy atom. The predicted octanol–water partition coefficient (Wildman–Crippen LogP) is 4.44. The second-order valence-corrected chi connectivity index (χ2v) is 5.99. The van der Waals surface area contributed by atoms with Crippen molar-refractivity contribution in [3.05, 3.63) is 72.3 Å². The molecular weight excluding hydrogens is 326 g/mol. The first-order chi connectivity index (χ1) is 12.8. The average Bonchev–Trinajstić information content (AvgIpc) is 2.69. The van der Waals surface area contributed by atoms with Crippen molar-refractivity contribution in [2.45, 2.75) is 13.3 Å². The lowest BCUT2D eigenvalue weighted by Gasteiger charge is -2.09. The van der Waals surface area contributed by atoms with E-state index >= 15 is 0 Å². The van der Waals surface area contributed by atoms with Gasteiger partial charge in [-0.2, -0.15) is 0 Å². The van der Waals surface area contributed by atoms with E-state index in [0.717, 1.165) is 23.3 Å². The van der Waals surface area contributed by atoms with Crippen molar-refractivity contribution in [2.75, 3.05) is 19.8 Å². The van der Waals surface area contributed by atoms with E-state index in [2.05, 4.69) is 24.4 Å². The summed E-state index contributed by atoms with van der Waals surface area (Å²) in [6.45, 7) is 3.60. The quantitative estimate of drug-likeness (QED) is 0.612. The number of hydrogen-bond acceptors (Lipinski definition) is 3. The van der Waals surface area contributed by atoms with Gasteiger partial charge in [0.15, 0.2) is 0 Å². The fourth-order valence-electron chi connectivity index (χ4n) is 2.62. The molecule has 0 aliphatic heterocycles. The van der Waals surface area contributed by atoms with Gasteiger partial charge in [0.05, 0.1) is 13.2 Å². The zero-order valence-electron chi connectivity index (χ0n) is 14.9. The van der Waals surface area contributed by atoms with Crippen molar-refractivity contribution in [3.63, 3.8) is 0 Å². The minimum Gasteiger partial charge on any atom is -0.494 e. The SMILES string of the molecule is CCCOc1ccc(C(=O)NCCOc2ccc3ccccc3c2)cc1. The molecule has 3 rings (SSSR count). The van der Waals surface area contributed by atoms with E-state index < -0.39 is 0 Å². The second kappa shape index (κ2) is 8.90. The van der Waals surface area contributed by atoms with Crippen molar-refractivity contribution in [2.24, 2.45) is 0 Å². The molecule has 1 amide bonds. The standard InChI is InChI=1S/C22H23NO3/c1-2-14-25-20-10-8-18(9-11-20)22(24)23-13-15-26-21-12-7-17-5-3-4-6-19(17)16-21/h3-12,16H,2,13-15H2,1H3,(H,23,24). The highest BCUT2D eigenvalue weighted by Gasteiger charge is 2.05. The van der Waals surface area contributed by atoms with Crippen LogP contribution in [0, 0.1) is 0 Å². The molecule has 0 saturated heterocycles. The fraction of sp³-hybridized carbons (Fsp3) is 0.227. The molecule has 4 nitrogen and oxygen atoms in total. The van der Waals surface area contributed by atoms with Gasteiger partial charge in [0.2, 0.25) is 0 Å². The highest BCUT2D eigenvalue weighted by atomic mass is 16.5. The Kier molecular flexibility index (Phi) is 6.09. The molecule has 0 heterocycles. The van der Waals surface area contributed by atoms with Crippen LogP contribution in [-0.2, 0) is 0 Å². The highest BCUT2D eigenvalue weighted by Crippen LogP contribution is 2.20. The van der Waals surface area contributed by atoms with E-state index in [4.69, 9.17) is 9.47 Å². The number of nitrogens with one attached hydrogen (secondary N) is 1. The Morgan fingerprint density at radius 1 is 0.846 bits per heavy atom. The van der Waals surface area contributed by atoms with E-state index in [1.807, 2.05) is 42.5 Å². The van der Waals surface area contributed by atoms with Crippen LogP contribution < -0.4 is 14.8 Å². The monoisotopic (exact) mass is 349 g/mol. The molecule has 0 saturated carbocycles. The minimum absolute atomic E-state index is 0.117. The number of amides is 1. The maximum atomic E-state index is 12.1. The Labute approximate surface area is 153 Å². The van der Waals surface area contributed by atoms with Gasteiger partial charge in [-0.05, 0) is 53.6 Å². The number of hydrogen-bond donors (Lipinski definition) is 1. The van der Waals surface area contributed by atoms with Gasteiger partial charge >= 0.3 is 0 Å². The summed E-state index contributed by atoms with van der Waals surface area (Å²) >= 11 is 0. The Morgan fingerprint density at radius 3 is 2.31 bits per heavy atom. The van der Waals surface area contributed by atoms with Crippen molar-refractivity contribution >= 4 is 16.7 Å². The summed E-state index contributed by atoms with van der Waals surface area (Å²) in [5.41, 5.74) is 0.611. The third-order valence-electron chi connectivity index (χ3n) is 3.97. The number of carbonyl (C=O) groups excluding carboxylic acids is 1. The summed E-state index contributed by atoms with van der Waals surface area (Å²) in [4.78, 5) is 12.1. The smallest absolute Gasteiger partial charge is 0.251 e. The van der Waals surface area contributed by atoms with Gasteiger partial charge in [0.25, 0.3) is 5.91 Å². The highest BCUT2D eigenvalue weighted by molar-refractivity contribution is 5.94. The fourth-order valence-corrected chi connectivity index (χ4v) is 2.62. The lowest BCUT2D eigenvalue weighted by atomic mass is 10.1. The molecule has 0 aliphatic rings. The number of rotatable bonds is 8. The van der Waals surface area contributed by atoms with Crippen LogP contribution in [0.5, 0.6) is 11.5 Å². The van der Waals surface area contributed by atoms with Gasteiger partial charge in [-0.3, -0.25) is 4.79 Å². The number of benzene rings is 3. The Balaban J connectivity index is 1.45. The van der Waals surface area contributed by atoms with Crippen LogP contribution in [0.3, 0.4) is 0 Å². The molecule has 0 radical (unpaired) electrons. The first-order valence-corrected chi connectivity index (χ1v) is 8.89. The number of fused-ring (bicyclic) bond motifs is 1. The number of ether oxygens (including phenoxy) is 2. The van der Waals surface area contributed by atoms with Crippen molar-refractivity contribution in [1.29, 1.82) is 0 Å². The maximum absolute atomic E-state index is 12.1. The molecule has 4 heteroatoms. The molecule has 0 spiro atoms. The molecule has 3 aromatic rings. The zero-order chi connectivity index (χ0) is 18.2.